The highest BCUT2D eigenvalue weighted by Crippen LogP contribution is 2.26. The smallest absolute Gasteiger partial charge is 0.120 e. The minimum absolute atomic E-state index is 0.362. The number of benzene rings is 1. The van der Waals surface area contributed by atoms with Gasteiger partial charge in [0.25, 0.3) is 0 Å². The molecule has 4 nitrogen and oxygen atoms in total. The van der Waals surface area contributed by atoms with Crippen LogP contribution in [0.3, 0.4) is 0 Å². The summed E-state index contributed by atoms with van der Waals surface area (Å²) in [5, 5.41) is 13.0. The van der Waals surface area contributed by atoms with Crippen LogP contribution in [0.4, 0.5) is 0 Å². The third-order valence-electron chi connectivity index (χ3n) is 3.03. The molecule has 0 bridgehead atoms. The maximum Gasteiger partial charge on any atom is 0.120 e. The van der Waals surface area contributed by atoms with Crippen molar-refractivity contribution in [2.24, 2.45) is 5.41 Å². The first-order valence-corrected chi connectivity index (χ1v) is 6.09. The summed E-state index contributed by atoms with van der Waals surface area (Å²) in [6.45, 7) is 2.26. The van der Waals surface area contributed by atoms with Crippen molar-refractivity contribution in [2.45, 2.75) is 6.54 Å². The normalized spacial score (nSPS) is 16.7. The lowest BCUT2D eigenvalue weighted by atomic mass is 9.88. The van der Waals surface area contributed by atoms with Crippen molar-refractivity contribution >= 4 is 11.6 Å². The van der Waals surface area contributed by atoms with E-state index in [9.17, 15) is 0 Å². The molecule has 1 aliphatic rings. The van der Waals surface area contributed by atoms with E-state index in [0.717, 1.165) is 11.3 Å². The number of methoxy groups -OCH3 is 1. The van der Waals surface area contributed by atoms with E-state index >= 15 is 0 Å². The zero-order valence-electron chi connectivity index (χ0n) is 10.2. The predicted octanol–water partition coefficient (Wildman–Crippen LogP) is 1.98. The Morgan fingerprint density at radius 3 is 2.83 bits per heavy atom. The topological polar surface area (TPSA) is 54.3 Å². The largest absolute Gasteiger partial charge is 0.497 e. The number of rotatable bonds is 5. The van der Waals surface area contributed by atoms with Gasteiger partial charge in [0.2, 0.25) is 0 Å². The van der Waals surface area contributed by atoms with Crippen molar-refractivity contribution < 1.29 is 9.47 Å². The Hall–Kier alpha value is -1.28. The standard InChI is InChI=1S/C13H15ClN2O2/c1-17-11-3-2-10(12(14)4-11)5-16-7-13(6-15)8-18-9-13/h2-4,16H,5,7-9H2,1H3. The van der Waals surface area contributed by atoms with Gasteiger partial charge in [0.05, 0.1) is 26.4 Å². The second-order valence-electron chi connectivity index (χ2n) is 4.45. The Morgan fingerprint density at radius 1 is 1.56 bits per heavy atom. The summed E-state index contributed by atoms with van der Waals surface area (Å²) in [4.78, 5) is 0. The molecule has 0 saturated carbocycles. The number of nitrogens with one attached hydrogen (secondary N) is 1. The van der Waals surface area contributed by atoms with E-state index < -0.39 is 0 Å². The van der Waals surface area contributed by atoms with Gasteiger partial charge in [0, 0.05) is 18.1 Å². The Balaban J connectivity index is 1.89. The number of hydrogen-bond donors (Lipinski definition) is 1. The first kappa shape index (κ1) is 13.2. The second-order valence-corrected chi connectivity index (χ2v) is 4.85. The molecule has 5 heteroatoms. The first-order valence-electron chi connectivity index (χ1n) is 5.71. The van der Waals surface area contributed by atoms with Crippen LogP contribution < -0.4 is 10.1 Å². The van der Waals surface area contributed by atoms with Gasteiger partial charge in [-0.2, -0.15) is 5.26 Å². The highest BCUT2D eigenvalue weighted by Gasteiger charge is 2.38. The van der Waals surface area contributed by atoms with Gasteiger partial charge in [-0.25, -0.2) is 0 Å². The molecule has 18 heavy (non-hydrogen) atoms. The van der Waals surface area contributed by atoms with Gasteiger partial charge >= 0.3 is 0 Å². The fourth-order valence-corrected chi connectivity index (χ4v) is 2.03. The van der Waals surface area contributed by atoms with Gasteiger partial charge in [0.15, 0.2) is 0 Å². The summed E-state index contributed by atoms with van der Waals surface area (Å²) in [7, 11) is 1.61. The lowest BCUT2D eigenvalue weighted by molar-refractivity contribution is -0.0755. The van der Waals surface area contributed by atoms with Gasteiger partial charge in [0.1, 0.15) is 11.2 Å². The molecule has 2 rings (SSSR count). The molecular formula is C13H15ClN2O2. The van der Waals surface area contributed by atoms with Crippen molar-refractivity contribution in [3.05, 3.63) is 28.8 Å². The number of hydrogen-bond acceptors (Lipinski definition) is 4. The SMILES string of the molecule is COc1ccc(CNCC2(C#N)COC2)c(Cl)c1. The van der Waals surface area contributed by atoms with Crippen LogP contribution in [0.2, 0.25) is 5.02 Å². The Bertz CT molecular complexity index is 467. The predicted molar refractivity (Wildman–Crippen MR) is 68.6 cm³/mol. The van der Waals surface area contributed by atoms with E-state index in [1.165, 1.54) is 0 Å². The Labute approximate surface area is 111 Å². The highest BCUT2D eigenvalue weighted by atomic mass is 35.5. The Kier molecular flexibility index (Phi) is 4.07. The summed E-state index contributed by atoms with van der Waals surface area (Å²) < 4.78 is 10.2. The molecule has 1 fully saturated rings. The molecule has 1 heterocycles. The average molecular weight is 267 g/mol. The van der Waals surface area contributed by atoms with Gasteiger partial charge in [-0.05, 0) is 17.7 Å². The van der Waals surface area contributed by atoms with Crippen LogP contribution in [0.25, 0.3) is 0 Å². The van der Waals surface area contributed by atoms with Gasteiger partial charge in [-0.1, -0.05) is 17.7 Å². The quantitative estimate of drug-likeness (QED) is 0.885. The molecule has 0 amide bonds. The summed E-state index contributed by atoms with van der Waals surface area (Å²) in [5.74, 6) is 0.740. The molecule has 1 saturated heterocycles. The summed E-state index contributed by atoms with van der Waals surface area (Å²) in [6, 6.07) is 7.87. The van der Waals surface area contributed by atoms with Crippen LogP contribution in [0.5, 0.6) is 5.75 Å². The van der Waals surface area contributed by atoms with E-state index in [0.29, 0.717) is 31.3 Å². The van der Waals surface area contributed by atoms with Crippen molar-refractivity contribution in [1.82, 2.24) is 5.32 Å². The summed E-state index contributed by atoms with van der Waals surface area (Å²) in [6.07, 6.45) is 0. The minimum atomic E-state index is -0.362. The van der Waals surface area contributed by atoms with E-state index in [1.54, 1.807) is 13.2 Å². The molecule has 1 aromatic rings. The van der Waals surface area contributed by atoms with Crippen LogP contribution in [-0.4, -0.2) is 26.9 Å². The van der Waals surface area contributed by atoms with E-state index in [1.807, 2.05) is 12.1 Å². The second kappa shape index (κ2) is 5.57. The average Bonchev–Trinajstić information content (AvgIpc) is 2.34. The van der Waals surface area contributed by atoms with Crippen molar-refractivity contribution in [3.8, 4) is 11.8 Å². The molecule has 0 spiro atoms. The molecule has 0 aromatic heterocycles. The highest BCUT2D eigenvalue weighted by molar-refractivity contribution is 6.31. The zero-order valence-corrected chi connectivity index (χ0v) is 11.0. The molecule has 1 aliphatic heterocycles. The maximum absolute atomic E-state index is 9.04. The first-order chi connectivity index (χ1) is 8.69. The van der Waals surface area contributed by atoms with Gasteiger partial charge in [-0.15, -0.1) is 0 Å². The Morgan fingerprint density at radius 2 is 2.33 bits per heavy atom. The molecule has 0 atom stereocenters. The molecule has 0 aliphatic carbocycles. The fraction of sp³-hybridized carbons (Fsp3) is 0.462. The van der Waals surface area contributed by atoms with Crippen molar-refractivity contribution in [2.75, 3.05) is 26.9 Å². The van der Waals surface area contributed by atoms with Gasteiger partial charge in [-0.3, -0.25) is 0 Å². The lowest BCUT2D eigenvalue weighted by Gasteiger charge is -2.35. The van der Waals surface area contributed by atoms with Crippen LogP contribution in [0.15, 0.2) is 18.2 Å². The number of nitriles is 1. The third-order valence-corrected chi connectivity index (χ3v) is 3.38. The zero-order chi connectivity index (χ0) is 13.0. The van der Waals surface area contributed by atoms with E-state index in [-0.39, 0.29) is 5.41 Å². The minimum Gasteiger partial charge on any atom is -0.497 e. The molecule has 1 N–H and O–H groups in total. The fourth-order valence-electron chi connectivity index (χ4n) is 1.79. The number of halogens is 1. The van der Waals surface area contributed by atoms with Crippen LogP contribution in [0, 0.1) is 16.7 Å². The van der Waals surface area contributed by atoms with Crippen LogP contribution >= 0.6 is 11.6 Å². The third kappa shape index (κ3) is 2.75. The number of ether oxygens (including phenoxy) is 2. The maximum atomic E-state index is 9.04. The van der Waals surface area contributed by atoms with E-state index in [2.05, 4.69) is 11.4 Å². The monoisotopic (exact) mass is 266 g/mol. The molecular weight excluding hydrogens is 252 g/mol. The van der Waals surface area contributed by atoms with Crippen LogP contribution in [0.1, 0.15) is 5.56 Å². The van der Waals surface area contributed by atoms with Crippen LogP contribution in [-0.2, 0) is 11.3 Å². The van der Waals surface area contributed by atoms with Crippen molar-refractivity contribution in [1.29, 1.82) is 5.26 Å². The van der Waals surface area contributed by atoms with E-state index in [4.69, 9.17) is 26.3 Å². The lowest BCUT2D eigenvalue weighted by Crippen LogP contribution is -2.48. The molecule has 1 aromatic carbocycles. The van der Waals surface area contributed by atoms with Crippen molar-refractivity contribution in [3.63, 3.8) is 0 Å². The molecule has 0 radical (unpaired) electrons. The molecule has 96 valence electrons. The van der Waals surface area contributed by atoms with Gasteiger partial charge < -0.3 is 14.8 Å². The summed E-state index contributed by atoms with van der Waals surface area (Å²) in [5.41, 5.74) is 0.629. The molecule has 0 unspecified atom stereocenters. The number of nitrogens with zero attached hydrogens (tertiary/aromatic N) is 1. The summed E-state index contributed by atoms with van der Waals surface area (Å²) >= 11 is 6.13.